The Bertz CT molecular complexity index is 468. The van der Waals surface area contributed by atoms with Crippen LogP contribution in [0.2, 0.25) is 0 Å². The molecule has 20 heavy (non-hydrogen) atoms. The Morgan fingerprint density at radius 3 is 1.90 bits per heavy atom. The van der Waals surface area contributed by atoms with E-state index in [4.69, 9.17) is 74.3 Å². The van der Waals surface area contributed by atoms with Crippen molar-refractivity contribution in [2.45, 2.75) is 47.4 Å². The summed E-state index contributed by atoms with van der Waals surface area (Å²) in [6.07, 6.45) is 0.201. The van der Waals surface area contributed by atoms with Crippen molar-refractivity contribution in [1.82, 2.24) is 0 Å². The minimum atomic E-state index is -1.48. The van der Waals surface area contributed by atoms with Crippen LogP contribution in [0.4, 0.5) is 0 Å². The van der Waals surface area contributed by atoms with Crippen molar-refractivity contribution >= 4 is 69.6 Å². The highest BCUT2D eigenvalue weighted by atomic mass is 35.5. The number of fused-ring (bicyclic) bond motifs is 2. The molecule has 0 aliphatic heterocycles. The summed E-state index contributed by atoms with van der Waals surface area (Å²) in [5.74, 6) is -0.239. The quantitative estimate of drug-likeness (QED) is 0.524. The third-order valence-corrected chi connectivity index (χ3v) is 8.60. The number of ether oxygens (including phenoxy) is 1. The molecule has 1 nitrogen and oxygen atoms in total. The third-order valence-electron chi connectivity index (χ3n) is 4.30. The van der Waals surface area contributed by atoms with Gasteiger partial charge in [0.05, 0.1) is 16.2 Å². The van der Waals surface area contributed by atoms with Gasteiger partial charge >= 0.3 is 0 Å². The van der Waals surface area contributed by atoms with E-state index in [9.17, 15) is 0 Å². The molecule has 0 saturated heterocycles. The van der Waals surface area contributed by atoms with Crippen molar-refractivity contribution in [3.63, 3.8) is 0 Å². The molecule has 116 valence electrons. The molecular formula is C13H16Cl6O. The average Bonchev–Trinajstić information content (AvgIpc) is 2.51. The second-order valence-electron chi connectivity index (χ2n) is 6.55. The van der Waals surface area contributed by atoms with Crippen LogP contribution < -0.4 is 0 Å². The zero-order valence-electron chi connectivity index (χ0n) is 11.5. The second kappa shape index (κ2) is 4.97. The van der Waals surface area contributed by atoms with Crippen molar-refractivity contribution in [3.8, 4) is 0 Å². The van der Waals surface area contributed by atoms with E-state index in [1.165, 1.54) is 0 Å². The topological polar surface area (TPSA) is 9.23 Å². The first kappa shape index (κ1) is 17.8. The monoisotopic (exact) mass is 398 g/mol. The molecule has 0 amide bonds. The zero-order chi connectivity index (χ0) is 15.7. The summed E-state index contributed by atoms with van der Waals surface area (Å²) < 4.78 is 4.17. The molecule has 0 aromatic rings. The van der Waals surface area contributed by atoms with Crippen LogP contribution in [0.1, 0.15) is 27.2 Å². The maximum Gasteiger partial charge on any atom is 0.166 e. The first-order valence-electron chi connectivity index (χ1n) is 6.20. The van der Waals surface area contributed by atoms with Gasteiger partial charge in [-0.2, -0.15) is 0 Å². The van der Waals surface area contributed by atoms with E-state index >= 15 is 0 Å². The van der Waals surface area contributed by atoms with Gasteiger partial charge in [-0.05, 0) is 11.8 Å². The van der Waals surface area contributed by atoms with Crippen molar-refractivity contribution in [2.75, 3.05) is 7.11 Å². The summed E-state index contributed by atoms with van der Waals surface area (Å²) in [6.45, 7) is 6.16. The number of allylic oxidation sites excluding steroid dienone is 2. The zero-order valence-corrected chi connectivity index (χ0v) is 16.1. The highest BCUT2D eigenvalue weighted by molar-refractivity contribution is 6.65. The van der Waals surface area contributed by atoms with Crippen molar-refractivity contribution in [2.24, 2.45) is 11.3 Å². The fourth-order valence-electron chi connectivity index (χ4n) is 3.39. The van der Waals surface area contributed by atoms with E-state index in [1.54, 1.807) is 7.11 Å². The maximum absolute atomic E-state index is 6.77. The van der Waals surface area contributed by atoms with Gasteiger partial charge in [-0.15, -0.1) is 23.2 Å². The summed E-state index contributed by atoms with van der Waals surface area (Å²) >= 11 is 38.9. The molecule has 2 aliphatic carbocycles. The predicted molar refractivity (Wildman–Crippen MR) is 88.7 cm³/mol. The molecule has 7 heteroatoms. The highest BCUT2D eigenvalue weighted by Gasteiger charge is 2.79. The standard InChI is InChI=1S/C13H16Cl6O/c1-10(2,3)9(20-4)6-5-11(16)7(14)8(15)12(6,17)13(11,18)19/h6,9H,5H2,1-4H3/t6-,9+,11-,12+/m0/s1. The van der Waals surface area contributed by atoms with Crippen molar-refractivity contribution in [1.29, 1.82) is 0 Å². The average molecular weight is 401 g/mol. The van der Waals surface area contributed by atoms with Crippen LogP contribution in [-0.2, 0) is 4.74 Å². The molecule has 0 heterocycles. The summed E-state index contributed by atoms with van der Waals surface area (Å²) in [5, 5.41) is 0.462. The summed E-state index contributed by atoms with van der Waals surface area (Å²) in [7, 11) is 1.63. The molecule has 4 atom stereocenters. The van der Waals surface area contributed by atoms with Gasteiger partial charge in [0.1, 0.15) is 9.75 Å². The molecule has 2 rings (SSSR count). The number of methoxy groups -OCH3 is 1. The minimum absolute atomic E-state index is 0.174. The summed E-state index contributed by atoms with van der Waals surface area (Å²) in [4.78, 5) is -2.42. The van der Waals surface area contributed by atoms with Crippen LogP contribution in [0.5, 0.6) is 0 Å². The molecule has 1 fully saturated rings. The molecule has 0 aromatic carbocycles. The fourth-order valence-corrected chi connectivity index (χ4v) is 6.21. The molecule has 2 aliphatic rings. The van der Waals surface area contributed by atoms with E-state index in [0.717, 1.165) is 0 Å². The number of hydrogen-bond acceptors (Lipinski definition) is 1. The molecule has 0 unspecified atom stereocenters. The fraction of sp³-hybridized carbons (Fsp3) is 0.846. The molecule has 2 bridgehead atoms. The lowest BCUT2D eigenvalue weighted by atomic mass is 9.75. The Balaban J connectivity index is 2.58. The third kappa shape index (κ3) is 1.94. The van der Waals surface area contributed by atoms with Crippen LogP contribution in [0, 0.1) is 11.3 Å². The van der Waals surface area contributed by atoms with Gasteiger partial charge in [0, 0.05) is 13.0 Å². The maximum atomic E-state index is 6.77. The first-order valence-corrected chi connectivity index (χ1v) is 8.47. The van der Waals surface area contributed by atoms with Crippen molar-refractivity contribution < 1.29 is 4.74 Å². The first-order chi connectivity index (χ1) is 8.85. The SMILES string of the molecule is CO[C@H]([C@@H]1C[C@]2(Cl)C(Cl)=C(Cl)[C@@]1(Cl)C2(Cl)Cl)C(C)(C)C. The van der Waals surface area contributed by atoms with E-state index in [2.05, 4.69) is 20.8 Å². The Hall–Kier alpha value is 1.44. The van der Waals surface area contributed by atoms with E-state index in [-0.39, 0.29) is 27.5 Å². The van der Waals surface area contributed by atoms with Crippen LogP contribution in [-0.4, -0.2) is 27.3 Å². The van der Waals surface area contributed by atoms with Crippen LogP contribution >= 0.6 is 69.6 Å². The Morgan fingerprint density at radius 2 is 1.60 bits per heavy atom. The number of hydrogen-bond donors (Lipinski definition) is 0. The van der Waals surface area contributed by atoms with Gasteiger partial charge in [-0.3, -0.25) is 0 Å². The highest BCUT2D eigenvalue weighted by Crippen LogP contribution is 2.75. The van der Waals surface area contributed by atoms with Gasteiger partial charge in [-0.1, -0.05) is 67.2 Å². The van der Waals surface area contributed by atoms with Crippen LogP contribution in [0.15, 0.2) is 10.1 Å². The Morgan fingerprint density at radius 1 is 1.10 bits per heavy atom. The molecular weight excluding hydrogens is 385 g/mol. The molecule has 0 spiro atoms. The number of alkyl halides is 4. The lowest BCUT2D eigenvalue weighted by Crippen LogP contribution is -2.49. The lowest BCUT2D eigenvalue weighted by molar-refractivity contribution is -0.0312. The molecule has 0 aromatic heterocycles. The molecule has 1 saturated carbocycles. The van der Waals surface area contributed by atoms with E-state index in [1.807, 2.05) is 0 Å². The Labute approximate surface area is 149 Å². The van der Waals surface area contributed by atoms with Crippen molar-refractivity contribution in [3.05, 3.63) is 10.1 Å². The Kier molecular flexibility index (Phi) is 4.42. The lowest BCUT2D eigenvalue weighted by Gasteiger charge is -2.42. The van der Waals surface area contributed by atoms with Crippen LogP contribution in [0.25, 0.3) is 0 Å². The number of rotatable bonds is 2. The molecule has 0 radical (unpaired) electrons. The number of halogens is 6. The van der Waals surface area contributed by atoms with Gasteiger partial charge in [0.2, 0.25) is 0 Å². The van der Waals surface area contributed by atoms with Crippen LogP contribution in [0.3, 0.4) is 0 Å². The van der Waals surface area contributed by atoms with Gasteiger partial charge in [0.15, 0.2) is 4.33 Å². The summed E-state index contributed by atoms with van der Waals surface area (Å²) in [5.41, 5.74) is -0.174. The predicted octanol–water partition coefficient (Wildman–Crippen LogP) is 5.90. The van der Waals surface area contributed by atoms with E-state index in [0.29, 0.717) is 6.42 Å². The van der Waals surface area contributed by atoms with E-state index < -0.39 is 14.1 Å². The van der Waals surface area contributed by atoms with Gasteiger partial charge in [-0.25, -0.2) is 0 Å². The molecule has 0 N–H and O–H groups in total. The second-order valence-corrected chi connectivity index (χ2v) is 9.87. The normalized spacial score (nSPS) is 41.4. The summed E-state index contributed by atoms with van der Waals surface area (Å²) in [6, 6.07) is 0. The van der Waals surface area contributed by atoms with Gasteiger partial charge < -0.3 is 4.74 Å². The van der Waals surface area contributed by atoms with Gasteiger partial charge in [0.25, 0.3) is 0 Å². The smallest absolute Gasteiger partial charge is 0.166 e. The minimum Gasteiger partial charge on any atom is -0.381 e. The largest absolute Gasteiger partial charge is 0.381 e.